The maximum atomic E-state index is 13.9. The first-order valence-corrected chi connectivity index (χ1v) is 17.4. The van der Waals surface area contributed by atoms with Gasteiger partial charge in [-0.05, 0) is 62.6 Å². The number of carbonyl (C=O) groups excluding carboxylic acids is 3. The van der Waals surface area contributed by atoms with Gasteiger partial charge in [0.2, 0.25) is 17.7 Å². The molecule has 248 valence electrons. The molecule has 0 saturated carbocycles. The van der Waals surface area contributed by atoms with Gasteiger partial charge >= 0.3 is 0 Å². The summed E-state index contributed by atoms with van der Waals surface area (Å²) in [5.74, 6) is 0.971. The van der Waals surface area contributed by atoms with Crippen molar-refractivity contribution >= 4 is 52.1 Å². The largest absolute Gasteiger partial charge is 0.374 e. The zero-order chi connectivity index (χ0) is 33.5. The number of hydrogen-bond acceptors (Lipinski definition) is 9. The first-order chi connectivity index (χ1) is 23.1. The van der Waals surface area contributed by atoms with Gasteiger partial charge in [-0.1, -0.05) is 35.9 Å². The summed E-state index contributed by atoms with van der Waals surface area (Å²) in [5.41, 5.74) is 5.95. The van der Waals surface area contributed by atoms with E-state index in [9.17, 15) is 14.4 Å². The van der Waals surface area contributed by atoms with Crippen LogP contribution in [0.4, 0.5) is 5.69 Å². The van der Waals surface area contributed by atoms with E-state index < -0.39 is 12.1 Å². The minimum Gasteiger partial charge on any atom is -0.374 e. The molecule has 2 atom stereocenters. The van der Waals surface area contributed by atoms with Crippen LogP contribution in [-0.4, -0.2) is 80.2 Å². The number of amides is 3. The fourth-order valence-electron chi connectivity index (χ4n) is 6.63. The van der Waals surface area contributed by atoms with Crippen molar-refractivity contribution in [3.8, 4) is 5.00 Å². The Bertz CT molecular complexity index is 1930. The summed E-state index contributed by atoms with van der Waals surface area (Å²) in [6, 6.07) is 14.8. The molecule has 7 rings (SSSR count). The Kier molecular flexibility index (Phi) is 8.88. The molecule has 2 fully saturated rings. The number of anilines is 1. The Balaban J connectivity index is 1.05. The van der Waals surface area contributed by atoms with Crippen LogP contribution < -0.4 is 10.6 Å². The van der Waals surface area contributed by atoms with Gasteiger partial charge in [-0.2, -0.15) is 0 Å². The third-order valence-electron chi connectivity index (χ3n) is 9.36. The Hall–Kier alpha value is -4.39. The second kappa shape index (κ2) is 13.3. The first kappa shape index (κ1) is 32.2. The third kappa shape index (κ3) is 6.39. The number of aryl methyl sites for hydroxylation is 2. The number of hydrogen-bond donors (Lipinski definition) is 2. The Labute approximate surface area is 288 Å². The van der Waals surface area contributed by atoms with Crippen LogP contribution in [0.2, 0.25) is 5.02 Å². The van der Waals surface area contributed by atoms with Crippen LogP contribution in [0.1, 0.15) is 64.1 Å². The molecule has 4 aromatic rings. The Morgan fingerprint density at radius 1 is 1.04 bits per heavy atom. The first-order valence-electron chi connectivity index (χ1n) is 16.2. The molecule has 0 aliphatic carbocycles. The second-order valence-corrected chi connectivity index (χ2v) is 14.3. The lowest BCUT2D eigenvalue weighted by atomic mass is 9.99. The summed E-state index contributed by atoms with van der Waals surface area (Å²) in [7, 11) is 0. The lowest BCUT2D eigenvalue weighted by Gasteiger charge is -2.35. The minimum atomic E-state index is -0.499. The molecule has 2 aromatic carbocycles. The van der Waals surface area contributed by atoms with Crippen LogP contribution in [-0.2, 0) is 20.9 Å². The number of imide groups is 1. The van der Waals surface area contributed by atoms with Crippen molar-refractivity contribution in [1.82, 2.24) is 29.9 Å². The van der Waals surface area contributed by atoms with Crippen molar-refractivity contribution in [2.45, 2.75) is 58.7 Å². The van der Waals surface area contributed by atoms with Crippen molar-refractivity contribution in [1.29, 1.82) is 0 Å². The molecule has 0 radical (unpaired) electrons. The number of fused-ring (bicyclic) bond motifs is 3. The highest BCUT2D eigenvalue weighted by Crippen LogP contribution is 2.39. The number of carbonyl (C=O) groups is 3. The van der Waals surface area contributed by atoms with Crippen LogP contribution >= 0.6 is 22.9 Å². The molecular weight excluding hydrogens is 648 g/mol. The van der Waals surface area contributed by atoms with Gasteiger partial charge < -0.3 is 10.2 Å². The zero-order valence-electron chi connectivity index (χ0n) is 27.1. The van der Waals surface area contributed by atoms with Crippen molar-refractivity contribution in [2.75, 3.05) is 31.5 Å². The van der Waals surface area contributed by atoms with E-state index in [4.69, 9.17) is 16.6 Å². The van der Waals surface area contributed by atoms with Crippen LogP contribution in [0, 0.1) is 20.8 Å². The van der Waals surface area contributed by atoms with E-state index in [2.05, 4.69) is 50.2 Å². The highest BCUT2D eigenvalue weighted by molar-refractivity contribution is 7.15. The van der Waals surface area contributed by atoms with Gasteiger partial charge in [-0.3, -0.25) is 34.2 Å². The van der Waals surface area contributed by atoms with Crippen molar-refractivity contribution in [3.63, 3.8) is 0 Å². The topological polar surface area (TPSA) is 125 Å². The quantitative estimate of drug-likeness (QED) is 0.269. The van der Waals surface area contributed by atoms with Crippen molar-refractivity contribution in [3.05, 3.63) is 92.3 Å². The molecule has 0 bridgehead atoms. The monoisotopic (exact) mass is 684 g/mol. The standard InChI is InChI=1S/C35H37ClN8O3S/c1-20-21(2)48-35-31(20)32(24-7-9-25(36)10-8-24)38-28(33-41-40-22(3)44(33)35)18-30(46)43-15-13-42(14-16-43)19-23-5-4-6-26(17-23)37-27-11-12-29(45)39-34(27)47/h4-10,17,27-28,37H,11-16,18-19H2,1-3H3,(H,39,45,47)/t27?,28-/m0/s1. The fraction of sp³-hybridized carbons (Fsp3) is 0.371. The van der Waals surface area contributed by atoms with Crippen molar-refractivity contribution < 1.29 is 14.4 Å². The predicted molar refractivity (Wildman–Crippen MR) is 186 cm³/mol. The van der Waals surface area contributed by atoms with Crippen LogP contribution in [0.25, 0.3) is 5.00 Å². The summed E-state index contributed by atoms with van der Waals surface area (Å²) in [4.78, 5) is 48.3. The lowest BCUT2D eigenvalue weighted by molar-refractivity contribution is -0.134. The summed E-state index contributed by atoms with van der Waals surface area (Å²) in [5, 5.41) is 16.3. The molecule has 1 unspecified atom stereocenters. The molecule has 2 aromatic heterocycles. The third-order valence-corrected chi connectivity index (χ3v) is 10.8. The molecule has 2 saturated heterocycles. The number of benzene rings is 2. The van der Waals surface area contributed by atoms with Crippen LogP contribution in [0.15, 0.2) is 53.5 Å². The zero-order valence-corrected chi connectivity index (χ0v) is 28.7. The number of halogens is 1. The number of piperazine rings is 1. The number of thiophene rings is 1. The van der Waals surface area contributed by atoms with Crippen molar-refractivity contribution in [2.24, 2.45) is 4.99 Å². The summed E-state index contributed by atoms with van der Waals surface area (Å²) >= 11 is 7.94. The number of aromatic nitrogens is 3. The van der Waals surface area contributed by atoms with Crippen LogP contribution in [0.5, 0.6) is 0 Å². The smallest absolute Gasteiger partial charge is 0.249 e. The molecule has 3 amide bonds. The van der Waals surface area contributed by atoms with Gasteiger partial charge in [0, 0.05) is 65.9 Å². The van der Waals surface area contributed by atoms with Gasteiger partial charge in [-0.15, -0.1) is 21.5 Å². The highest BCUT2D eigenvalue weighted by Gasteiger charge is 2.34. The van der Waals surface area contributed by atoms with E-state index in [0.29, 0.717) is 36.8 Å². The average molecular weight is 685 g/mol. The van der Waals surface area contributed by atoms with E-state index >= 15 is 0 Å². The maximum Gasteiger partial charge on any atom is 0.249 e. The number of rotatable bonds is 7. The summed E-state index contributed by atoms with van der Waals surface area (Å²) in [6.07, 6.45) is 0.999. The average Bonchev–Trinajstić information content (AvgIpc) is 3.55. The summed E-state index contributed by atoms with van der Waals surface area (Å²) in [6.45, 7) is 9.62. The van der Waals surface area contributed by atoms with E-state index in [1.165, 1.54) is 4.88 Å². The van der Waals surface area contributed by atoms with E-state index in [1.807, 2.05) is 54.3 Å². The molecule has 3 aliphatic heterocycles. The number of aliphatic imine (C=N–C) groups is 1. The number of piperidine rings is 1. The van der Waals surface area contributed by atoms with E-state index in [0.717, 1.165) is 64.1 Å². The molecular formula is C35H37ClN8O3S. The van der Waals surface area contributed by atoms with Crippen LogP contribution in [0.3, 0.4) is 0 Å². The number of nitrogens with zero attached hydrogens (tertiary/aromatic N) is 6. The highest BCUT2D eigenvalue weighted by atomic mass is 35.5. The van der Waals surface area contributed by atoms with E-state index in [1.54, 1.807) is 11.3 Å². The Morgan fingerprint density at radius 3 is 2.56 bits per heavy atom. The normalized spacial score (nSPS) is 19.7. The molecule has 48 heavy (non-hydrogen) atoms. The van der Waals surface area contributed by atoms with E-state index in [-0.39, 0.29) is 24.1 Å². The molecule has 13 heteroatoms. The fourth-order valence-corrected chi connectivity index (χ4v) is 7.97. The van der Waals surface area contributed by atoms with Gasteiger partial charge in [-0.25, -0.2) is 0 Å². The van der Waals surface area contributed by atoms with Gasteiger partial charge in [0.1, 0.15) is 22.9 Å². The Morgan fingerprint density at radius 2 is 1.81 bits per heavy atom. The second-order valence-electron chi connectivity index (χ2n) is 12.6. The van der Waals surface area contributed by atoms with Gasteiger partial charge in [0.05, 0.1) is 12.1 Å². The predicted octanol–water partition coefficient (Wildman–Crippen LogP) is 4.75. The number of nitrogens with one attached hydrogen (secondary N) is 2. The molecule has 5 heterocycles. The minimum absolute atomic E-state index is 0.0413. The molecule has 0 spiro atoms. The maximum absolute atomic E-state index is 13.9. The van der Waals surface area contributed by atoms with Gasteiger partial charge in [0.15, 0.2) is 5.82 Å². The molecule has 3 aliphatic rings. The SMILES string of the molecule is Cc1sc2c(c1C)C(c1ccc(Cl)cc1)=N[C@@H](CC(=O)N1CCN(Cc3cccc(NC4CCC(=O)NC4=O)c3)CC1)c1nnc(C)n1-2. The molecule has 2 N–H and O–H groups in total. The molecule has 11 nitrogen and oxygen atoms in total. The van der Waals surface area contributed by atoms with Gasteiger partial charge in [0.25, 0.3) is 0 Å². The lowest BCUT2D eigenvalue weighted by Crippen LogP contribution is -2.48. The summed E-state index contributed by atoms with van der Waals surface area (Å²) < 4.78 is 2.07.